The maximum absolute atomic E-state index is 5.57. The average molecular weight is 287 g/mol. The highest BCUT2D eigenvalue weighted by atomic mass is 79.9. The molecule has 0 aliphatic carbocycles. The highest BCUT2D eigenvalue weighted by Crippen LogP contribution is 2.23. The first kappa shape index (κ1) is 13.5. The molecular formula is C13H19BrO2. The third kappa shape index (κ3) is 5.52. The van der Waals surface area contributed by atoms with E-state index < -0.39 is 0 Å². The largest absolute Gasteiger partial charge is 0.490 e. The van der Waals surface area contributed by atoms with Crippen molar-refractivity contribution in [3.05, 3.63) is 28.7 Å². The minimum Gasteiger partial charge on any atom is -0.490 e. The molecule has 0 aliphatic rings. The van der Waals surface area contributed by atoms with Gasteiger partial charge in [-0.1, -0.05) is 26.0 Å². The maximum Gasteiger partial charge on any atom is 0.133 e. The fraction of sp³-hybridized carbons (Fsp3) is 0.538. The standard InChI is InChI=1S/C13H19BrO2/c1-11(2)7-8-15-9-10-16-13-6-4-3-5-12(13)14/h3-6,11H,7-10H2,1-2H3. The lowest BCUT2D eigenvalue weighted by atomic mass is 10.1. The van der Waals surface area contributed by atoms with Crippen molar-refractivity contribution in [2.45, 2.75) is 20.3 Å². The van der Waals surface area contributed by atoms with Gasteiger partial charge in [0.05, 0.1) is 11.1 Å². The quantitative estimate of drug-likeness (QED) is 0.708. The van der Waals surface area contributed by atoms with Gasteiger partial charge in [-0.2, -0.15) is 0 Å². The average Bonchev–Trinajstić information content (AvgIpc) is 2.25. The molecule has 0 N–H and O–H groups in total. The van der Waals surface area contributed by atoms with Crippen LogP contribution in [0.15, 0.2) is 28.7 Å². The van der Waals surface area contributed by atoms with Gasteiger partial charge in [0.15, 0.2) is 0 Å². The van der Waals surface area contributed by atoms with Crippen molar-refractivity contribution in [3.63, 3.8) is 0 Å². The van der Waals surface area contributed by atoms with E-state index in [1.165, 1.54) is 0 Å². The number of benzene rings is 1. The van der Waals surface area contributed by atoms with Crippen LogP contribution in [0.1, 0.15) is 20.3 Å². The number of hydrogen-bond acceptors (Lipinski definition) is 2. The molecule has 0 saturated heterocycles. The van der Waals surface area contributed by atoms with Gasteiger partial charge in [-0.15, -0.1) is 0 Å². The molecule has 1 aromatic rings. The maximum atomic E-state index is 5.57. The smallest absolute Gasteiger partial charge is 0.133 e. The zero-order chi connectivity index (χ0) is 11.8. The molecule has 0 saturated carbocycles. The molecule has 0 spiro atoms. The van der Waals surface area contributed by atoms with Gasteiger partial charge in [-0.3, -0.25) is 0 Å². The van der Waals surface area contributed by atoms with Crippen molar-refractivity contribution in [2.24, 2.45) is 5.92 Å². The predicted octanol–water partition coefficient (Wildman–Crippen LogP) is 3.89. The van der Waals surface area contributed by atoms with Crippen molar-refractivity contribution in [1.82, 2.24) is 0 Å². The van der Waals surface area contributed by atoms with Crippen LogP contribution in [0.4, 0.5) is 0 Å². The third-order valence-electron chi connectivity index (χ3n) is 2.16. The van der Waals surface area contributed by atoms with Crippen molar-refractivity contribution in [3.8, 4) is 5.75 Å². The normalized spacial score (nSPS) is 10.8. The second-order valence-electron chi connectivity index (χ2n) is 4.07. The Kier molecular flexibility index (Phi) is 6.50. The molecule has 3 heteroatoms. The van der Waals surface area contributed by atoms with Crippen LogP contribution >= 0.6 is 15.9 Å². The lowest BCUT2D eigenvalue weighted by Crippen LogP contribution is -2.08. The van der Waals surface area contributed by atoms with Crippen LogP contribution in [0.3, 0.4) is 0 Å². The van der Waals surface area contributed by atoms with Gasteiger partial charge >= 0.3 is 0 Å². The van der Waals surface area contributed by atoms with Gasteiger partial charge in [0, 0.05) is 6.61 Å². The summed E-state index contributed by atoms with van der Waals surface area (Å²) in [7, 11) is 0. The molecule has 0 amide bonds. The van der Waals surface area contributed by atoms with Crippen LogP contribution in [0, 0.1) is 5.92 Å². The molecule has 0 fully saturated rings. The van der Waals surface area contributed by atoms with Crippen LogP contribution in [0.25, 0.3) is 0 Å². The van der Waals surface area contributed by atoms with E-state index in [0.29, 0.717) is 19.1 Å². The summed E-state index contributed by atoms with van der Waals surface area (Å²) >= 11 is 3.43. The van der Waals surface area contributed by atoms with Gasteiger partial charge in [0.2, 0.25) is 0 Å². The predicted molar refractivity (Wildman–Crippen MR) is 69.9 cm³/mol. The number of hydrogen-bond donors (Lipinski definition) is 0. The van der Waals surface area contributed by atoms with E-state index in [9.17, 15) is 0 Å². The fourth-order valence-corrected chi connectivity index (χ4v) is 1.59. The highest BCUT2D eigenvalue weighted by molar-refractivity contribution is 9.10. The summed E-state index contributed by atoms with van der Waals surface area (Å²) in [6.45, 7) is 6.45. The summed E-state index contributed by atoms with van der Waals surface area (Å²) in [6.07, 6.45) is 1.11. The topological polar surface area (TPSA) is 18.5 Å². The Bertz CT molecular complexity index is 300. The van der Waals surface area contributed by atoms with Crippen LogP contribution in [0.2, 0.25) is 0 Å². The first-order valence-corrected chi connectivity index (χ1v) is 6.44. The van der Waals surface area contributed by atoms with Crippen molar-refractivity contribution in [2.75, 3.05) is 19.8 Å². The van der Waals surface area contributed by atoms with Crippen molar-refractivity contribution >= 4 is 15.9 Å². The number of ether oxygens (including phenoxy) is 2. The Balaban J connectivity index is 2.10. The van der Waals surface area contributed by atoms with E-state index in [0.717, 1.165) is 23.2 Å². The highest BCUT2D eigenvalue weighted by Gasteiger charge is 1.99. The van der Waals surface area contributed by atoms with E-state index >= 15 is 0 Å². The van der Waals surface area contributed by atoms with Crippen LogP contribution in [-0.2, 0) is 4.74 Å². The zero-order valence-corrected chi connectivity index (χ0v) is 11.5. The molecule has 90 valence electrons. The summed E-state index contributed by atoms with van der Waals surface area (Å²) in [5.41, 5.74) is 0. The number of para-hydroxylation sites is 1. The molecule has 0 unspecified atom stereocenters. The monoisotopic (exact) mass is 286 g/mol. The van der Waals surface area contributed by atoms with Gasteiger partial charge in [-0.05, 0) is 40.4 Å². The molecule has 0 atom stereocenters. The Morgan fingerprint density at radius 1 is 1.12 bits per heavy atom. The van der Waals surface area contributed by atoms with E-state index in [1.807, 2.05) is 24.3 Å². The fourth-order valence-electron chi connectivity index (χ4n) is 1.19. The number of halogens is 1. The molecule has 0 bridgehead atoms. The summed E-state index contributed by atoms with van der Waals surface area (Å²) in [5, 5.41) is 0. The lowest BCUT2D eigenvalue weighted by molar-refractivity contribution is 0.0923. The van der Waals surface area contributed by atoms with E-state index in [1.54, 1.807) is 0 Å². The van der Waals surface area contributed by atoms with Gasteiger partial charge in [0.25, 0.3) is 0 Å². The molecular weight excluding hydrogens is 268 g/mol. The zero-order valence-electron chi connectivity index (χ0n) is 9.91. The molecule has 0 radical (unpaired) electrons. The summed E-state index contributed by atoms with van der Waals surface area (Å²) in [5.74, 6) is 1.57. The third-order valence-corrected chi connectivity index (χ3v) is 2.82. The first-order chi connectivity index (χ1) is 7.70. The van der Waals surface area contributed by atoms with Crippen LogP contribution in [0.5, 0.6) is 5.75 Å². The van der Waals surface area contributed by atoms with Gasteiger partial charge in [0.1, 0.15) is 12.4 Å². The molecule has 0 aromatic heterocycles. The van der Waals surface area contributed by atoms with Gasteiger partial charge < -0.3 is 9.47 Å². The van der Waals surface area contributed by atoms with Crippen molar-refractivity contribution < 1.29 is 9.47 Å². The molecule has 1 aromatic carbocycles. The minimum absolute atomic E-state index is 0.598. The van der Waals surface area contributed by atoms with Gasteiger partial charge in [-0.25, -0.2) is 0 Å². The number of rotatable bonds is 7. The van der Waals surface area contributed by atoms with E-state index in [4.69, 9.17) is 9.47 Å². The van der Waals surface area contributed by atoms with E-state index in [-0.39, 0.29) is 0 Å². The Morgan fingerprint density at radius 3 is 2.56 bits per heavy atom. The molecule has 16 heavy (non-hydrogen) atoms. The molecule has 0 heterocycles. The van der Waals surface area contributed by atoms with Crippen molar-refractivity contribution in [1.29, 1.82) is 0 Å². The second kappa shape index (κ2) is 7.69. The SMILES string of the molecule is CC(C)CCOCCOc1ccccc1Br. The molecule has 2 nitrogen and oxygen atoms in total. The minimum atomic E-state index is 0.598. The van der Waals surface area contributed by atoms with Crippen LogP contribution < -0.4 is 4.74 Å². The van der Waals surface area contributed by atoms with E-state index in [2.05, 4.69) is 29.8 Å². The first-order valence-electron chi connectivity index (χ1n) is 5.65. The second-order valence-corrected chi connectivity index (χ2v) is 4.93. The Labute approximate surface area is 106 Å². The molecule has 0 aliphatic heterocycles. The summed E-state index contributed by atoms with van der Waals surface area (Å²) in [6, 6.07) is 7.84. The Hall–Kier alpha value is -0.540. The molecule has 1 rings (SSSR count). The van der Waals surface area contributed by atoms with Crippen LogP contribution in [-0.4, -0.2) is 19.8 Å². The Morgan fingerprint density at radius 2 is 1.88 bits per heavy atom. The summed E-state index contributed by atoms with van der Waals surface area (Å²) in [4.78, 5) is 0. The summed E-state index contributed by atoms with van der Waals surface area (Å²) < 4.78 is 12.0. The lowest BCUT2D eigenvalue weighted by Gasteiger charge is -2.09.